The maximum atomic E-state index is 12.6. The van der Waals surface area contributed by atoms with Crippen molar-refractivity contribution in [2.75, 3.05) is 5.75 Å². The van der Waals surface area contributed by atoms with Crippen LogP contribution in [0.3, 0.4) is 0 Å². The summed E-state index contributed by atoms with van der Waals surface area (Å²) >= 11 is 6.27. The van der Waals surface area contributed by atoms with Gasteiger partial charge >= 0.3 is 0 Å². The van der Waals surface area contributed by atoms with Crippen LogP contribution in [-0.4, -0.2) is 14.2 Å². The van der Waals surface area contributed by atoms with Crippen LogP contribution in [0.1, 0.15) is 64.4 Å². The molecule has 0 saturated heterocycles. The fraction of sp³-hybridized carbons (Fsp3) is 0.455. The molecule has 2 aromatic rings. The van der Waals surface area contributed by atoms with Crippen molar-refractivity contribution in [2.45, 2.75) is 63.7 Å². The molecule has 0 spiro atoms. The molecule has 0 heterocycles. The second kappa shape index (κ2) is 9.57. The molecule has 0 amide bonds. The minimum absolute atomic E-state index is 0.197. The highest BCUT2D eigenvalue weighted by Crippen LogP contribution is 2.36. The molecule has 2 rings (SSSR count). The second-order valence-electron chi connectivity index (χ2n) is 6.83. The first-order valence-electron chi connectivity index (χ1n) is 9.55. The van der Waals surface area contributed by atoms with Gasteiger partial charge in [-0.1, -0.05) is 63.4 Å². The Bertz CT molecular complexity index is 828. The average molecular weight is 393 g/mol. The lowest BCUT2D eigenvalue weighted by Gasteiger charge is -2.19. The molecule has 142 valence electrons. The van der Waals surface area contributed by atoms with E-state index in [4.69, 9.17) is 11.6 Å². The van der Waals surface area contributed by atoms with E-state index in [0.717, 1.165) is 36.8 Å². The SMILES string of the molecule is CCCCS(=O)(=O)c1cccc(-c2cc(Cl)ccc2C(CC)CCC)c1. The zero-order valence-electron chi connectivity index (χ0n) is 16.0. The van der Waals surface area contributed by atoms with Crippen molar-refractivity contribution in [3.05, 3.63) is 53.1 Å². The van der Waals surface area contributed by atoms with Crippen molar-refractivity contribution in [3.8, 4) is 11.1 Å². The van der Waals surface area contributed by atoms with Gasteiger partial charge in [0.05, 0.1) is 10.6 Å². The van der Waals surface area contributed by atoms with Crippen LogP contribution in [0.4, 0.5) is 0 Å². The van der Waals surface area contributed by atoms with E-state index < -0.39 is 9.84 Å². The van der Waals surface area contributed by atoms with Gasteiger partial charge in [-0.25, -0.2) is 8.42 Å². The fourth-order valence-corrected chi connectivity index (χ4v) is 5.04. The topological polar surface area (TPSA) is 34.1 Å². The standard InChI is InChI=1S/C22H29ClO2S/c1-4-7-14-26(24,25)20-11-8-10-18(15-20)22-16-19(23)12-13-21(22)17(6-3)9-5-2/h8,10-13,15-17H,4-7,9,14H2,1-3H3. The van der Waals surface area contributed by atoms with Crippen LogP contribution in [-0.2, 0) is 9.84 Å². The quantitative estimate of drug-likeness (QED) is 0.466. The number of rotatable bonds is 9. The van der Waals surface area contributed by atoms with E-state index in [1.807, 2.05) is 31.2 Å². The van der Waals surface area contributed by atoms with Crippen molar-refractivity contribution in [2.24, 2.45) is 0 Å². The molecule has 0 aliphatic rings. The first-order chi connectivity index (χ1) is 12.4. The zero-order valence-corrected chi connectivity index (χ0v) is 17.5. The van der Waals surface area contributed by atoms with Gasteiger partial charge in [0.2, 0.25) is 0 Å². The Morgan fingerprint density at radius 2 is 1.77 bits per heavy atom. The van der Waals surface area contributed by atoms with E-state index in [9.17, 15) is 8.42 Å². The van der Waals surface area contributed by atoms with Gasteiger partial charge in [0.1, 0.15) is 0 Å². The summed E-state index contributed by atoms with van der Waals surface area (Å²) in [4.78, 5) is 0.401. The Morgan fingerprint density at radius 1 is 1.00 bits per heavy atom. The van der Waals surface area contributed by atoms with E-state index >= 15 is 0 Å². The molecule has 26 heavy (non-hydrogen) atoms. The lowest BCUT2D eigenvalue weighted by molar-refractivity contribution is 0.592. The molecular weight excluding hydrogens is 364 g/mol. The summed E-state index contributed by atoms with van der Waals surface area (Å²) in [7, 11) is -3.24. The summed E-state index contributed by atoms with van der Waals surface area (Å²) < 4.78 is 25.2. The monoisotopic (exact) mass is 392 g/mol. The summed E-state index contributed by atoms with van der Waals surface area (Å²) in [6.45, 7) is 6.40. The minimum atomic E-state index is -3.24. The third-order valence-corrected chi connectivity index (χ3v) is 6.89. The van der Waals surface area contributed by atoms with Crippen LogP contribution >= 0.6 is 11.6 Å². The molecule has 0 fully saturated rings. The first kappa shape index (κ1) is 21.0. The highest BCUT2D eigenvalue weighted by Gasteiger charge is 2.18. The number of halogens is 1. The molecular formula is C22H29ClO2S. The Balaban J connectivity index is 2.52. The van der Waals surface area contributed by atoms with Crippen molar-refractivity contribution in [3.63, 3.8) is 0 Å². The molecule has 1 unspecified atom stereocenters. The van der Waals surface area contributed by atoms with Gasteiger partial charge in [-0.05, 0) is 66.1 Å². The van der Waals surface area contributed by atoms with E-state index in [-0.39, 0.29) is 5.75 Å². The molecule has 0 bridgehead atoms. The summed E-state index contributed by atoms with van der Waals surface area (Å²) in [5.41, 5.74) is 3.22. The molecule has 0 aliphatic carbocycles. The van der Waals surface area contributed by atoms with Crippen LogP contribution in [0.15, 0.2) is 47.4 Å². The van der Waals surface area contributed by atoms with Crippen molar-refractivity contribution >= 4 is 21.4 Å². The summed E-state index contributed by atoms with van der Waals surface area (Å²) in [5.74, 6) is 0.649. The smallest absolute Gasteiger partial charge is 0.178 e. The number of sulfone groups is 1. The minimum Gasteiger partial charge on any atom is -0.224 e. The van der Waals surface area contributed by atoms with Crippen LogP contribution in [0, 0.1) is 0 Å². The van der Waals surface area contributed by atoms with Gasteiger partial charge < -0.3 is 0 Å². The molecule has 1 atom stereocenters. The Kier molecular flexibility index (Phi) is 7.72. The lowest BCUT2D eigenvalue weighted by Crippen LogP contribution is -2.07. The zero-order chi connectivity index (χ0) is 19.2. The molecule has 0 saturated carbocycles. The summed E-state index contributed by atoms with van der Waals surface area (Å²) in [6, 6.07) is 13.3. The van der Waals surface area contributed by atoms with Crippen LogP contribution in [0.2, 0.25) is 5.02 Å². The Hall–Kier alpha value is -1.32. The van der Waals surface area contributed by atoms with Crippen molar-refractivity contribution in [1.82, 2.24) is 0 Å². The molecule has 0 aliphatic heterocycles. The Morgan fingerprint density at radius 3 is 2.42 bits per heavy atom. The highest BCUT2D eigenvalue weighted by atomic mass is 35.5. The number of benzene rings is 2. The molecule has 2 nitrogen and oxygen atoms in total. The van der Waals surface area contributed by atoms with E-state index in [2.05, 4.69) is 19.9 Å². The number of hydrogen-bond acceptors (Lipinski definition) is 2. The first-order valence-corrected chi connectivity index (χ1v) is 11.6. The third kappa shape index (κ3) is 5.11. The van der Waals surface area contributed by atoms with Gasteiger partial charge in [-0.3, -0.25) is 0 Å². The summed E-state index contributed by atoms with van der Waals surface area (Å²) in [6.07, 6.45) is 4.83. The third-order valence-electron chi connectivity index (χ3n) is 4.86. The van der Waals surface area contributed by atoms with Crippen molar-refractivity contribution < 1.29 is 8.42 Å². The van der Waals surface area contributed by atoms with E-state index in [1.165, 1.54) is 5.56 Å². The lowest BCUT2D eigenvalue weighted by atomic mass is 9.86. The van der Waals surface area contributed by atoms with Crippen LogP contribution in [0.25, 0.3) is 11.1 Å². The van der Waals surface area contributed by atoms with Gasteiger partial charge in [0.25, 0.3) is 0 Å². The predicted octanol–water partition coefficient (Wildman–Crippen LogP) is 6.87. The van der Waals surface area contributed by atoms with E-state index in [0.29, 0.717) is 22.3 Å². The predicted molar refractivity (Wildman–Crippen MR) is 112 cm³/mol. The van der Waals surface area contributed by atoms with Crippen LogP contribution in [0.5, 0.6) is 0 Å². The summed E-state index contributed by atoms with van der Waals surface area (Å²) in [5, 5.41) is 0.675. The molecule has 0 aromatic heterocycles. The van der Waals surface area contributed by atoms with Gasteiger partial charge in [-0.15, -0.1) is 0 Å². The number of hydrogen-bond donors (Lipinski definition) is 0. The molecule has 0 N–H and O–H groups in total. The molecule has 4 heteroatoms. The normalized spacial score (nSPS) is 12.9. The van der Waals surface area contributed by atoms with Gasteiger partial charge in [0.15, 0.2) is 9.84 Å². The average Bonchev–Trinajstić information content (AvgIpc) is 2.65. The maximum Gasteiger partial charge on any atom is 0.178 e. The largest absolute Gasteiger partial charge is 0.224 e. The van der Waals surface area contributed by atoms with Crippen molar-refractivity contribution in [1.29, 1.82) is 0 Å². The Labute approximate surface area is 163 Å². The van der Waals surface area contributed by atoms with E-state index in [1.54, 1.807) is 12.1 Å². The second-order valence-corrected chi connectivity index (χ2v) is 9.37. The van der Waals surface area contributed by atoms with Crippen LogP contribution < -0.4 is 0 Å². The fourth-order valence-electron chi connectivity index (χ4n) is 3.37. The number of unbranched alkanes of at least 4 members (excludes halogenated alkanes) is 1. The molecule has 0 radical (unpaired) electrons. The maximum absolute atomic E-state index is 12.6. The van der Waals surface area contributed by atoms with Gasteiger partial charge in [0, 0.05) is 5.02 Å². The molecule has 2 aromatic carbocycles. The highest BCUT2D eigenvalue weighted by molar-refractivity contribution is 7.91. The van der Waals surface area contributed by atoms with Gasteiger partial charge in [-0.2, -0.15) is 0 Å².